The molecule has 0 saturated heterocycles. The van der Waals surface area contributed by atoms with Gasteiger partial charge in [0, 0.05) is 28.9 Å². The summed E-state index contributed by atoms with van der Waals surface area (Å²) in [7, 11) is 0. The lowest BCUT2D eigenvalue weighted by atomic mass is 10.1. The van der Waals surface area contributed by atoms with E-state index in [0.29, 0.717) is 0 Å². The van der Waals surface area contributed by atoms with Crippen molar-refractivity contribution in [2.24, 2.45) is 4.99 Å². The third-order valence-corrected chi connectivity index (χ3v) is 4.46. The van der Waals surface area contributed by atoms with Crippen molar-refractivity contribution in [1.29, 1.82) is 0 Å². The van der Waals surface area contributed by atoms with Crippen molar-refractivity contribution in [3.63, 3.8) is 0 Å². The van der Waals surface area contributed by atoms with E-state index in [1.54, 1.807) is 0 Å². The monoisotopic (exact) mass is 316 g/mol. The fourth-order valence-corrected chi connectivity index (χ4v) is 2.97. The van der Waals surface area contributed by atoms with E-state index < -0.39 is 0 Å². The summed E-state index contributed by atoms with van der Waals surface area (Å²) in [5.41, 5.74) is 8.40. The Morgan fingerprint density at radius 2 is 1.58 bits per heavy atom. The number of nitrogens with zero attached hydrogens (tertiary/aromatic N) is 2. The second kappa shape index (κ2) is 6.88. The Hall–Kier alpha value is -2.61. The Kier molecular flexibility index (Phi) is 4.66. The topological polar surface area (TPSA) is 17.3 Å². The smallest absolute Gasteiger partial charge is 0.0630 e. The van der Waals surface area contributed by atoms with Crippen molar-refractivity contribution in [3.05, 3.63) is 82.7 Å². The first kappa shape index (κ1) is 16.3. The van der Waals surface area contributed by atoms with Crippen molar-refractivity contribution in [2.75, 3.05) is 0 Å². The molecule has 1 aromatic heterocycles. The van der Waals surface area contributed by atoms with Crippen molar-refractivity contribution in [3.8, 4) is 5.69 Å². The minimum Gasteiger partial charge on any atom is -0.318 e. The van der Waals surface area contributed by atoms with Gasteiger partial charge < -0.3 is 4.57 Å². The van der Waals surface area contributed by atoms with Crippen molar-refractivity contribution < 1.29 is 0 Å². The summed E-state index contributed by atoms with van der Waals surface area (Å²) < 4.78 is 2.28. The second-order valence-corrected chi connectivity index (χ2v) is 6.28. The van der Waals surface area contributed by atoms with Crippen LogP contribution in [0, 0.1) is 20.8 Å². The van der Waals surface area contributed by atoms with Crippen LogP contribution in [0.2, 0.25) is 0 Å². The molecule has 0 amide bonds. The summed E-state index contributed by atoms with van der Waals surface area (Å²) in [4.78, 5) is 4.64. The first-order chi connectivity index (χ1) is 11.6. The zero-order valence-corrected chi connectivity index (χ0v) is 14.9. The van der Waals surface area contributed by atoms with Gasteiger partial charge in [-0.15, -0.1) is 0 Å². The van der Waals surface area contributed by atoms with Gasteiger partial charge in [-0.25, -0.2) is 0 Å². The van der Waals surface area contributed by atoms with Crippen LogP contribution in [-0.2, 0) is 6.42 Å². The van der Waals surface area contributed by atoms with Gasteiger partial charge in [-0.3, -0.25) is 4.99 Å². The molecule has 2 heteroatoms. The molecule has 2 nitrogen and oxygen atoms in total. The molecule has 3 aromatic rings. The van der Waals surface area contributed by atoms with Gasteiger partial charge in [0.2, 0.25) is 0 Å². The highest BCUT2D eigenvalue weighted by atomic mass is 15.0. The molecule has 2 aromatic carbocycles. The third-order valence-electron chi connectivity index (χ3n) is 4.46. The van der Waals surface area contributed by atoms with E-state index in [-0.39, 0.29) is 0 Å². The maximum atomic E-state index is 4.64. The van der Waals surface area contributed by atoms with Crippen LogP contribution in [0.5, 0.6) is 0 Å². The summed E-state index contributed by atoms with van der Waals surface area (Å²) in [6.07, 6.45) is 3.02. The molecule has 122 valence electrons. The fraction of sp³-hybridized carbons (Fsp3) is 0.227. The van der Waals surface area contributed by atoms with Crippen LogP contribution >= 0.6 is 0 Å². The number of aryl methyl sites for hydroxylation is 3. The van der Waals surface area contributed by atoms with Crippen LogP contribution in [0.15, 0.2) is 59.6 Å². The van der Waals surface area contributed by atoms with E-state index in [1.165, 1.54) is 28.2 Å². The van der Waals surface area contributed by atoms with Crippen molar-refractivity contribution in [2.45, 2.75) is 34.1 Å². The molecule has 0 unspecified atom stereocenters. The fourth-order valence-electron chi connectivity index (χ4n) is 2.97. The Morgan fingerprint density at radius 1 is 0.917 bits per heavy atom. The molecule has 0 spiro atoms. The van der Waals surface area contributed by atoms with E-state index in [0.717, 1.165) is 17.7 Å². The number of rotatable bonds is 4. The lowest BCUT2D eigenvalue weighted by molar-refractivity contribution is 0.964. The summed E-state index contributed by atoms with van der Waals surface area (Å²) in [6.45, 7) is 8.56. The van der Waals surface area contributed by atoms with Gasteiger partial charge in [0.15, 0.2) is 0 Å². The number of aromatic nitrogens is 1. The van der Waals surface area contributed by atoms with Gasteiger partial charge in [-0.05, 0) is 63.1 Å². The molecule has 0 saturated carbocycles. The Bertz CT molecular complexity index is 850. The molecule has 0 bridgehead atoms. The molecule has 0 aliphatic carbocycles. The Labute approximate surface area is 144 Å². The summed E-state index contributed by atoms with van der Waals surface area (Å²) in [5.74, 6) is 0. The second-order valence-electron chi connectivity index (χ2n) is 6.28. The molecule has 0 radical (unpaired) electrons. The minimum atomic E-state index is 0.993. The maximum absolute atomic E-state index is 4.64. The highest BCUT2D eigenvalue weighted by molar-refractivity contribution is 5.84. The molecule has 1 heterocycles. The van der Waals surface area contributed by atoms with Crippen LogP contribution in [0.1, 0.15) is 35.0 Å². The summed E-state index contributed by atoms with van der Waals surface area (Å²) in [5, 5.41) is 0. The molecular formula is C22H24N2. The highest BCUT2D eigenvalue weighted by Gasteiger charge is 2.09. The van der Waals surface area contributed by atoms with Gasteiger partial charge in [0.25, 0.3) is 0 Å². The zero-order valence-electron chi connectivity index (χ0n) is 14.9. The van der Waals surface area contributed by atoms with E-state index in [2.05, 4.69) is 91.9 Å². The van der Waals surface area contributed by atoms with Gasteiger partial charge in [-0.1, -0.05) is 36.8 Å². The van der Waals surface area contributed by atoms with E-state index in [4.69, 9.17) is 0 Å². The SMILES string of the molecule is CCc1ccc(N=Cc2cc(C)n(-c3ccc(C)cc3)c2C)cc1. The molecular weight excluding hydrogens is 292 g/mol. The van der Waals surface area contributed by atoms with Crippen molar-refractivity contribution >= 4 is 11.9 Å². The predicted octanol–water partition coefficient (Wildman–Crippen LogP) is 5.72. The lowest BCUT2D eigenvalue weighted by Crippen LogP contribution is -1.99. The van der Waals surface area contributed by atoms with Gasteiger partial charge in [0.05, 0.1) is 5.69 Å². The first-order valence-corrected chi connectivity index (χ1v) is 8.47. The van der Waals surface area contributed by atoms with E-state index in [9.17, 15) is 0 Å². The normalized spacial score (nSPS) is 11.3. The average Bonchev–Trinajstić information content (AvgIpc) is 2.88. The maximum Gasteiger partial charge on any atom is 0.0630 e. The quantitative estimate of drug-likeness (QED) is 0.548. The first-order valence-electron chi connectivity index (χ1n) is 8.47. The van der Waals surface area contributed by atoms with E-state index >= 15 is 0 Å². The number of aliphatic imine (C=N–C) groups is 1. The predicted molar refractivity (Wildman–Crippen MR) is 103 cm³/mol. The van der Waals surface area contributed by atoms with Crippen LogP contribution in [0.4, 0.5) is 5.69 Å². The largest absolute Gasteiger partial charge is 0.318 e. The highest BCUT2D eigenvalue weighted by Crippen LogP contribution is 2.21. The molecule has 0 fully saturated rings. The third kappa shape index (κ3) is 3.33. The molecule has 3 rings (SSSR count). The van der Waals surface area contributed by atoms with Crippen LogP contribution in [-0.4, -0.2) is 10.8 Å². The summed E-state index contributed by atoms with van der Waals surface area (Å²) in [6, 6.07) is 19.3. The molecule has 24 heavy (non-hydrogen) atoms. The van der Waals surface area contributed by atoms with Crippen LogP contribution in [0.3, 0.4) is 0 Å². The number of hydrogen-bond donors (Lipinski definition) is 0. The van der Waals surface area contributed by atoms with Crippen molar-refractivity contribution in [1.82, 2.24) is 4.57 Å². The molecule has 0 atom stereocenters. The summed E-state index contributed by atoms with van der Waals surface area (Å²) >= 11 is 0. The Morgan fingerprint density at radius 3 is 2.21 bits per heavy atom. The average molecular weight is 316 g/mol. The number of hydrogen-bond acceptors (Lipinski definition) is 1. The van der Waals surface area contributed by atoms with Crippen LogP contribution < -0.4 is 0 Å². The molecule has 0 aliphatic rings. The standard InChI is InChI=1S/C22H24N2/c1-5-19-8-10-21(11-9-19)23-15-20-14-17(3)24(18(20)4)22-12-6-16(2)7-13-22/h6-15H,5H2,1-4H3. The minimum absolute atomic E-state index is 0.993. The van der Waals surface area contributed by atoms with Gasteiger partial charge >= 0.3 is 0 Å². The lowest BCUT2D eigenvalue weighted by Gasteiger charge is -2.09. The number of benzene rings is 2. The molecule has 0 N–H and O–H groups in total. The van der Waals surface area contributed by atoms with Crippen LogP contribution in [0.25, 0.3) is 5.69 Å². The van der Waals surface area contributed by atoms with Gasteiger partial charge in [0.1, 0.15) is 0 Å². The molecule has 0 aliphatic heterocycles. The van der Waals surface area contributed by atoms with Gasteiger partial charge in [-0.2, -0.15) is 0 Å². The van der Waals surface area contributed by atoms with E-state index in [1.807, 2.05) is 6.21 Å². The zero-order chi connectivity index (χ0) is 17.1. The Balaban J connectivity index is 1.90.